The fraction of sp³-hybridized carbons (Fsp3) is 0.211. The number of hydrogen-bond donors (Lipinski definition) is 2. The van der Waals surface area contributed by atoms with Crippen LogP contribution in [0, 0.1) is 0 Å². The summed E-state index contributed by atoms with van der Waals surface area (Å²) in [7, 11) is 0. The number of nitrogens with zero attached hydrogens (tertiary/aromatic N) is 3. The number of anilines is 2. The first-order valence-corrected chi connectivity index (χ1v) is 8.44. The number of amides is 1. The van der Waals surface area contributed by atoms with E-state index >= 15 is 0 Å². The Hall–Kier alpha value is -3.35. The van der Waals surface area contributed by atoms with Gasteiger partial charge in [0.15, 0.2) is 0 Å². The van der Waals surface area contributed by atoms with Crippen molar-refractivity contribution in [2.45, 2.75) is 12.8 Å². The van der Waals surface area contributed by atoms with Crippen molar-refractivity contribution in [3.8, 4) is 0 Å². The number of aromatic carboxylic acids is 1. The van der Waals surface area contributed by atoms with E-state index in [1.807, 2.05) is 35.3 Å². The van der Waals surface area contributed by atoms with Gasteiger partial charge in [0.25, 0.3) is 0 Å². The Bertz CT molecular complexity index is 892. The van der Waals surface area contributed by atoms with E-state index in [0.717, 1.165) is 29.9 Å². The molecule has 0 atom stereocenters. The molecule has 7 heteroatoms. The van der Waals surface area contributed by atoms with Gasteiger partial charge in [-0.1, -0.05) is 12.1 Å². The molecule has 0 aromatic heterocycles. The second-order valence-electron chi connectivity index (χ2n) is 6.24. The number of carboxylic acids is 1. The molecule has 2 N–H and O–H groups in total. The lowest BCUT2D eigenvalue weighted by atomic mass is 10.1. The summed E-state index contributed by atoms with van der Waals surface area (Å²) in [4.78, 5) is 29.2. The van der Waals surface area contributed by atoms with E-state index in [1.54, 1.807) is 23.1 Å². The highest BCUT2D eigenvalue weighted by atomic mass is 16.4. The third-order valence-corrected chi connectivity index (χ3v) is 4.54. The number of nitrogens with one attached hydrogen (secondary N) is 1. The molecule has 0 spiro atoms. The third-order valence-electron chi connectivity index (χ3n) is 4.54. The first kappa shape index (κ1) is 16.1. The Morgan fingerprint density at radius 1 is 1.12 bits per heavy atom. The van der Waals surface area contributed by atoms with E-state index in [9.17, 15) is 9.59 Å². The predicted molar refractivity (Wildman–Crippen MR) is 98.4 cm³/mol. The van der Waals surface area contributed by atoms with Crippen LogP contribution < -0.4 is 15.3 Å². The molecule has 1 saturated heterocycles. The van der Waals surface area contributed by atoms with Gasteiger partial charge in [-0.05, 0) is 42.8 Å². The second kappa shape index (κ2) is 6.51. The second-order valence-corrected chi connectivity index (χ2v) is 6.24. The van der Waals surface area contributed by atoms with Gasteiger partial charge in [-0.25, -0.2) is 9.79 Å². The maximum Gasteiger partial charge on any atom is 0.335 e. The molecule has 2 aliphatic heterocycles. The Balaban J connectivity index is 1.47. The highest BCUT2D eigenvalue weighted by molar-refractivity contribution is 6.02. The summed E-state index contributed by atoms with van der Waals surface area (Å²) < 4.78 is 0. The Morgan fingerprint density at radius 2 is 1.88 bits per heavy atom. The molecule has 7 nitrogen and oxygen atoms in total. The first-order valence-electron chi connectivity index (χ1n) is 8.44. The van der Waals surface area contributed by atoms with Crippen LogP contribution >= 0.6 is 0 Å². The molecule has 2 aliphatic rings. The number of benzene rings is 2. The number of rotatable bonds is 4. The van der Waals surface area contributed by atoms with E-state index in [1.165, 1.54) is 0 Å². The topological polar surface area (TPSA) is 85.2 Å². The number of carboxylic acid groups (broad SMARTS) is 1. The summed E-state index contributed by atoms with van der Waals surface area (Å²) in [5, 5.41) is 11.0. The molecule has 1 fully saturated rings. The SMILES string of the molecule is O=C(O)c1cccc(C2=NCN(c3ccc(N4CCCC4=O)cc3)N2)c1. The smallest absolute Gasteiger partial charge is 0.335 e. The van der Waals surface area contributed by atoms with E-state index in [2.05, 4.69) is 10.4 Å². The van der Waals surface area contributed by atoms with Crippen molar-refractivity contribution in [2.75, 3.05) is 23.1 Å². The van der Waals surface area contributed by atoms with E-state index in [4.69, 9.17) is 5.11 Å². The fourth-order valence-corrected chi connectivity index (χ4v) is 3.18. The van der Waals surface area contributed by atoms with Crippen LogP contribution in [0.4, 0.5) is 11.4 Å². The molecule has 26 heavy (non-hydrogen) atoms. The van der Waals surface area contributed by atoms with Crippen molar-refractivity contribution in [3.63, 3.8) is 0 Å². The minimum Gasteiger partial charge on any atom is -0.478 e. The maximum atomic E-state index is 11.8. The highest BCUT2D eigenvalue weighted by Crippen LogP contribution is 2.25. The molecular weight excluding hydrogens is 332 g/mol. The summed E-state index contributed by atoms with van der Waals surface area (Å²) in [5.74, 6) is -0.165. The molecular formula is C19H18N4O3. The van der Waals surface area contributed by atoms with Crippen molar-refractivity contribution in [2.24, 2.45) is 4.99 Å². The third kappa shape index (κ3) is 2.99. The van der Waals surface area contributed by atoms with Gasteiger partial charge < -0.3 is 10.0 Å². The van der Waals surface area contributed by atoms with Crippen molar-refractivity contribution in [1.82, 2.24) is 5.43 Å². The van der Waals surface area contributed by atoms with Crippen LogP contribution in [-0.2, 0) is 4.79 Å². The lowest BCUT2D eigenvalue weighted by Crippen LogP contribution is -2.36. The molecule has 2 heterocycles. The van der Waals surface area contributed by atoms with E-state index in [0.29, 0.717) is 18.9 Å². The summed E-state index contributed by atoms with van der Waals surface area (Å²) in [6.45, 7) is 1.20. The zero-order valence-corrected chi connectivity index (χ0v) is 14.1. The molecule has 0 aliphatic carbocycles. The first-order chi connectivity index (χ1) is 12.6. The number of amidine groups is 1. The molecule has 1 amide bonds. The van der Waals surface area contributed by atoms with Gasteiger partial charge in [-0.15, -0.1) is 0 Å². The minimum absolute atomic E-state index is 0.168. The van der Waals surface area contributed by atoms with Gasteiger partial charge in [0.05, 0.1) is 11.3 Å². The number of hydrogen-bond acceptors (Lipinski definition) is 5. The molecule has 0 saturated carbocycles. The van der Waals surface area contributed by atoms with Gasteiger partial charge in [0.1, 0.15) is 12.5 Å². The van der Waals surface area contributed by atoms with Crippen LogP contribution in [-0.4, -0.2) is 36.0 Å². The number of hydrazine groups is 1. The van der Waals surface area contributed by atoms with Gasteiger partial charge >= 0.3 is 5.97 Å². The van der Waals surface area contributed by atoms with Crippen LogP contribution in [0.2, 0.25) is 0 Å². The fourth-order valence-electron chi connectivity index (χ4n) is 3.18. The lowest BCUT2D eigenvalue weighted by molar-refractivity contribution is -0.117. The largest absolute Gasteiger partial charge is 0.478 e. The van der Waals surface area contributed by atoms with Crippen LogP contribution in [0.25, 0.3) is 0 Å². The molecule has 0 bridgehead atoms. The summed E-state index contributed by atoms with van der Waals surface area (Å²) in [6.07, 6.45) is 1.52. The van der Waals surface area contributed by atoms with Gasteiger partial charge in [-0.3, -0.25) is 15.2 Å². The van der Waals surface area contributed by atoms with Crippen molar-refractivity contribution < 1.29 is 14.7 Å². The molecule has 2 aromatic rings. The van der Waals surface area contributed by atoms with Crippen LogP contribution in [0.15, 0.2) is 53.5 Å². The van der Waals surface area contributed by atoms with Crippen molar-refractivity contribution in [3.05, 3.63) is 59.7 Å². The quantitative estimate of drug-likeness (QED) is 0.883. The number of carbonyl (C=O) groups excluding carboxylic acids is 1. The van der Waals surface area contributed by atoms with Crippen molar-refractivity contribution in [1.29, 1.82) is 0 Å². The predicted octanol–water partition coefficient (Wildman–Crippen LogP) is 2.24. The molecule has 132 valence electrons. The zero-order chi connectivity index (χ0) is 18.1. The number of carbonyl (C=O) groups is 2. The standard InChI is InChI=1S/C19H18N4O3/c24-17-5-2-10-22(17)15-6-8-16(9-7-15)23-12-20-18(21-23)13-3-1-4-14(11-13)19(25)26/h1,3-4,6-9,11H,2,5,10,12H2,(H,20,21)(H,25,26). The van der Waals surface area contributed by atoms with Crippen molar-refractivity contribution >= 4 is 29.1 Å². The van der Waals surface area contributed by atoms with Gasteiger partial charge in [0, 0.05) is 24.2 Å². The average molecular weight is 350 g/mol. The van der Waals surface area contributed by atoms with Gasteiger partial charge in [0.2, 0.25) is 5.91 Å². The van der Waals surface area contributed by atoms with Crippen LogP contribution in [0.5, 0.6) is 0 Å². The maximum absolute atomic E-state index is 11.8. The normalized spacial score (nSPS) is 16.6. The lowest BCUT2D eigenvalue weighted by Gasteiger charge is -2.21. The molecule has 0 unspecified atom stereocenters. The zero-order valence-electron chi connectivity index (χ0n) is 14.1. The van der Waals surface area contributed by atoms with Gasteiger partial charge in [-0.2, -0.15) is 0 Å². The summed E-state index contributed by atoms with van der Waals surface area (Å²) in [5.41, 5.74) is 5.99. The van der Waals surface area contributed by atoms with Crippen LogP contribution in [0.1, 0.15) is 28.8 Å². The minimum atomic E-state index is -0.964. The van der Waals surface area contributed by atoms with E-state index < -0.39 is 5.97 Å². The monoisotopic (exact) mass is 350 g/mol. The molecule has 4 rings (SSSR count). The Labute approximate surface area is 150 Å². The molecule has 2 aromatic carbocycles. The Morgan fingerprint density at radius 3 is 2.58 bits per heavy atom. The van der Waals surface area contributed by atoms with E-state index in [-0.39, 0.29) is 11.5 Å². The van der Waals surface area contributed by atoms with Crippen LogP contribution in [0.3, 0.4) is 0 Å². The summed E-state index contributed by atoms with van der Waals surface area (Å²) in [6, 6.07) is 14.4. The Kier molecular flexibility index (Phi) is 4.04. The summed E-state index contributed by atoms with van der Waals surface area (Å²) >= 11 is 0. The number of aliphatic imine (C=N–C) groups is 1. The average Bonchev–Trinajstić information content (AvgIpc) is 3.31. The molecule has 0 radical (unpaired) electrons. The highest BCUT2D eigenvalue weighted by Gasteiger charge is 2.22.